The van der Waals surface area contributed by atoms with Crippen LogP contribution in [0, 0.1) is 33.5 Å². The maximum absolute atomic E-state index is 13.2. The minimum atomic E-state index is -3.82. The first-order valence-corrected chi connectivity index (χ1v) is 9.60. The van der Waals surface area contributed by atoms with Crippen LogP contribution in [0.2, 0.25) is 0 Å². The number of sulfonamides is 1. The van der Waals surface area contributed by atoms with E-state index in [9.17, 15) is 12.8 Å². The second kappa shape index (κ2) is 6.57. The van der Waals surface area contributed by atoms with Crippen molar-refractivity contribution in [1.29, 1.82) is 0 Å². The van der Waals surface area contributed by atoms with E-state index < -0.39 is 10.0 Å². The summed E-state index contributed by atoms with van der Waals surface area (Å²) in [6, 6.07) is 11.2. The zero-order chi connectivity index (χ0) is 19.1. The van der Waals surface area contributed by atoms with Crippen LogP contribution in [0.1, 0.15) is 22.5 Å². The standard InChI is InChI=1S/C19H20FN3O2S/c1-12-6-5-7-18(13(12)2)22-26(24,25)19-14(3)21-23(15(19)4)17-10-8-16(20)9-11-17/h5-11,22H,1-4H3. The molecule has 5 nitrogen and oxygen atoms in total. The maximum Gasteiger partial charge on any atom is 0.265 e. The molecule has 3 aromatic rings. The Morgan fingerprint density at radius 1 is 1.00 bits per heavy atom. The Bertz CT molecular complexity index is 1070. The van der Waals surface area contributed by atoms with Crippen LogP contribution in [0.5, 0.6) is 0 Å². The van der Waals surface area contributed by atoms with E-state index in [0.717, 1.165) is 11.1 Å². The molecule has 1 aromatic heterocycles. The molecule has 0 saturated carbocycles. The molecule has 0 aliphatic rings. The first kappa shape index (κ1) is 18.1. The van der Waals surface area contributed by atoms with Gasteiger partial charge in [-0.05, 0) is 69.2 Å². The highest BCUT2D eigenvalue weighted by atomic mass is 32.2. The van der Waals surface area contributed by atoms with E-state index >= 15 is 0 Å². The number of hydrogen-bond acceptors (Lipinski definition) is 3. The molecule has 0 radical (unpaired) electrons. The average molecular weight is 373 g/mol. The lowest BCUT2D eigenvalue weighted by molar-refractivity contribution is 0.600. The van der Waals surface area contributed by atoms with Gasteiger partial charge in [-0.15, -0.1) is 0 Å². The van der Waals surface area contributed by atoms with Gasteiger partial charge in [-0.3, -0.25) is 4.72 Å². The van der Waals surface area contributed by atoms with Crippen LogP contribution in [0.3, 0.4) is 0 Å². The molecule has 136 valence electrons. The monoisotopic (exact) mass is 373 g/mol. The van der Waals surface area contributed by atoms with Crippen LogP contribution >= 0.6 is 0 Å². The van der Waals surface area contributed by atoms with Gasteiger partial charge in [-0.25, -0.2) is 17.5 Å². The molecule has 7 heteroatoms. The van der Waals surface area contributed by atoms with Gasteiger partial charge < -0.3 is 0 Å². The molecule has 1 N–H and O–H groups in total. The van der Waals surface area contributed by atoms with Crippen LogP contribution in [0.4, 0.5) is 10.1 Å². The quantitative estimate of drug-likeness (QED) is 0.750. The van der Waals surface area contributed by atoms with Crippen LogP contribution in [-0.4, -0.2) is 18.2 Å². The summed E-state index contributed by atoms with van der Waals surface area (Å²) in [6.45, 7) is 7.12. The van der Waals surface area contributed by atoms with Crippen LogP contribution in [-0.2, 0) is 10.0 Å². The van der Waals surface area contributed by atoms with E-state index in [1.807, 2.05) is 26.0 Å². The number of rotatable bonds is 4. The third-order valence-electron chi connectivity index (χ3n) is 4.41. The highest BCUT2D eigenvalue weighted by molar-refractivity contribution is 7.92. The first-order chi connectivity index (χ1) is 12.2. The van der Waals surface area contributed by atoms with Crippen LogP contribution in [0.15, 0.2) is 47.4 Å². The van der Waals surface area contributed by atoms with Gasteiger partial charge in [0.05, 0.1) is 22.8 Å². The van der Waals surface area contributed by atoms with Gasteiger partial charge in [0.1, 0.15) is 10.7 Å². The van der Waals surface area contributed by atoms with E-state index in [4.69, 9.17) is 0 Å². The van der Waals surface area contributed by atoms with Gasteiger partial charge in [0.15, 0.2) is 0 Å². The third kappa shape index (κ3) is 3.22. The molecule has 0 unspecified atom stereocenters. The van der Waals surface area contributed by atoms with E-state index in [1.165, 1.54) is 16.8 Å². The third-order valence-corrected chi connectivity index (χ3v) is 6.03. The van der Waals surface area contributed by atoms with Crippen LogP contribution < -0.4 is 4.72 Å². The molecule has 2 aromatic carbocycles. The number of anilines is 1. The zero-order valence-electron chi connectivity index (χ0n) is 15.0. The predicted molar refractivity (Wildman–Crippen MR) is 99.7 cm³/mol. The molecule has 1 heterocycles. The topological polar surface area (TPSA) is 64.0 Å². The Morgan fingerprint density at radius 3 is 2.31 bits per heavy atom. The number of aromatic nitrogens is 2. The average Bonchev–Trinajstić information content (AvgIpc) is 2.88. The molecular formula is C19H20FN3O2S. The molecular weight excluding hydrogens is 353 g/mol. The van der Waals surface area contributed by atoms with E-state index in [-0.39, 0.29) is 10.7 Å². The Morgan fingerprint density at radius 2 is 1.65 bits per heavy atom. The highest BCUT2D eigenvalue weighted by Gasteiger charge is 2.25. The van der Waals surface area contributed by atoms with Crippen molar-refractivity contribution >= 4 is 15.7 Å². The van der Waals surface area contributed by atoms with Crippen molar-refractivity contribution in [2.24, 2.45) is 0 Å². The van der Waals surface area contributed by atoms with Gasteiger partial charge in [0.25, 0.3) is 10.0 Å². The molecule has 3 rings (SSSR count). The molecule has 0 atom stereocenters. The number of aryl methyl sites for hydroxylation is 2. The molecule has 0 amide bonds. The Hall–Kier alpha value is -2.67. The lowest BCUT2D eigenvalue weighted by atomic mass is 10.1. The normalized spacial score (nSPS) is 11.6. The second-order valence-electron chi connectivity index (χ2n) is 6.24. The minimum absolute atomic E-state index is 0.128. The summed E-state index contributed by atoms with van der Waals surface area (Å²) in [7, 11) is -3.82. The Balaban J connectivity index is 2.06. The van der Waals surface area contributed by atoms with E-state index in [1.54, 1.807) is 32.0 Å². The highest BCUT2D eigenvalue weighted by Crippen LogP contribution is 2.27. The lowest BCUT2D eigenvalue weighted by Gasteiger charge is -2.12. The molecule has 0 aliphatic carbocycles. The summed E-state index contributed by atoms with van der Waals surface area (Å²) in [5, 5.41) is 4.33. The number of halogens is 1. The van der Waals surface area contributed by atoms with Crippen molar-refractivity contribution in [3.63, 3.8) is 0 Å². The van der Waals surface area contributed by atoms with Crippen molar-refractivity contribution in [1.82, 2.24) is 9.78 Å². The van der Waals surface area contributed by atoms with Crippen LogP contribution in [0.25, 0.3) is 5.69 Å². The van der Waals surface area contributed by atoms with Gasteiger partial charge in [-0.2, -0.15) is 5.10 Å². The second-order valence-corrected chi connectivity index (χ2v) is 7.86. The number of nitrogens with zero attached hydrogens (tertiary/aromatic N) is 2. The summed E-state index contributed by atoms with van der Waals surface area (Å²) < 4.78 is 43.3. The van der Waals surface area contributed by atoms with Gasteiger partial charge >= 0.3 is 0 Å². The summed E-state index contributed by atoms with van der Waals surface area (Å²) in [5.41, 5.74) is 3.85. The van der Waals surface area contributed by atoms with E-state index in [2.05, 4.69) is 9.82 Å². The van der Waals surface area contributed by atoms with Gasteiger partial charge in [-0.1, -0.05) is 12.1 Å². The maximum atomic E-state index is 13.2. The van der Waals surface area contributed by atoms with Gasteiger partial charge in [0.2, 0.25) is 0 Å². The molecule has 0 saturated heterocycles. The fourth-order valence-corrected chi connectivity index (χ4v) is 4.43. The predicted octanol–water partition coefficient (Wildman–Crippen LogP) is 4.05. The number of nitrogens with one attached hydrogen (secondary N) is 1. The largest absolute Gasteiger partial charge is 0.279 e. The summed E-state index contributed by atoms with van der Waals surface area (Å²) >= 11 is 0. The van der Waals surface area contributed by atoms with Gasteiger partial charge in [0, 0.05) is 0 Å². The molecule has 0 aliphatic heterocycles. The summed E-state index contributed by atoms with van der Waals surface area (Å²) in [4.78, 5) is 0.128. The van der Waals surface area contributed by atoms with Crippen molar-refractivity contribution < 1.29 is 12.8 Å². The fraction of sp³-hybridized carbons (Fsp3) is 0.211. The smallest absolute Gasteiger partial charge is 0.265 e. The Labute approximate surface area is 152 Å². The minimum Gasteiger partial charge on any atom is -0.279 e. The zero-order valence-corrected chi connectivity index (χ0v) is 15.9. The Kier molecular flexibility index (Phi) is 4.58. The molecule has 0 spiro atoms. The summed E-state index contributed by atoms with van der Waals surface area (Å²) in [5.74, 6) is -0.361. The first-order valence-electron chi connectivity index (χ1n) is 8.12. The molecule has 26 heavy (non-hydrogen) atoms. The van der Waals surface area contributed by atoms with Crippen molar-refractivity contribution in [2.45, 2.75) is 32.6 Å². The summed E-state index contributed by atoms with van der Waals surface area (Å²) in [6.07, 6.45) is 0. The van der Waals surface area contributed by atoms with Crippen molar-refractivity contribution in [3.05, 3.63) is 70.8 Å². The van der Waals surface area contributed by atoms with Crippen molar-refractivity contribution in [3.8, 4) is 5.69 Å². The number of benzene rings is 2. The lowest BCUT2D eigenvalue weighted by Crippen LogP contribution is -2.16. The van der Waals surface area contributed by atoms with Crippen molar-refractivity contribution in [2.75, 3.05) is 4.72 Å². The number of hydrogen-bond donors (Lipinski definition) is 1. The molecule has 0 bridgehead atoms. The fourth-order valence-electron chi connectivity index (χ4n) is 2.91. The molecule has 0 fully saturated rings. The van der Waals surface area contributed by atoms with E-state index in [0.29, 0.717) is 22.8 Å². The SMILES string of the molecule is Cc1cccc(NS(=O)(=O)c2c(C)nn(-c3ccc(F)cc3)c2C)c1C.